The highest BCUT2D eigenvalue weighted by molar-refractivity contribution is 7.16. The van der Waals surface area contributed by atoms with Gasteiger partial charge in [0, 0.05) is 36.6 Å². The van der Waals surface area contributed by atoms with Crippen molar-refractivity contribution in [2.45, 2.75) is 6.42 Å². The first kappa shape index (κ1) is 15.9. The number of hydrogen-bond donors (Lipinski definition) is 1. The summed E-state index contributed by atoms with van der Waals surface area (Å²) in [6, 6.07) is 6.02. The largest absolute Gasteiger partial charge is 0.481 e. The molecular formula is C16H18FN3O2S. The molecule has 1 fully saturated rings. The maximum atomic E-state index is 13.1. The number of benzene rings is 1. The number of aliphatic carboxylic acids is 1. The third kappa shape index (κ3) is 3.68. The number of halogens is 1. The van der Waals surface area contributed by atoms with E-state index in [0.717, 1.165) is 36.9 Å². The average molecular weight is 335 g/mol. The third-order valence-corrected chi connectivity index (χ3v) is 5.01. The number of thiazole rings is 1. The molecular weight excluding hydrogens is 317 g/mol. The molecule has 1 aliphatic heterocycles. The molecule has 23 heavy (non-hydrogen) atoms. The Balaban J connectivity index is 1.93. The van der Waals surface area contributed by atoms with Crippen LogP contribution in [0.1, 0.15) is 4.88 Å². The van der Waals surface area contributed by atoms with Gasteiger partial charge in [-0.05, 0) is 31.3 Å². The van der Waals surface area contributed by atoms with Crippen LogP contribution in [-0.4, -0.2) is 54.2 Å². The third-order valence-electron chi connectivity index (χ3n) is 3.89. The zero-order valence-corrected chi connectivity index (χ0v) is 13.6. The lowest BCUT2D eigenvalue weighted by atomic mass is 10.1. The Kier molecular flexibility index (Phi) is 4.58. The van der Waals surface area contributed by atoms with Gasteiger partial charge in [-0.1, -0.05) is 0 Å². The number of hydrogen-bond acceptors (Lipinski definition) is 5. The fourth-order valence-electron chi connectivity index (χ4n) is 2.56. The van der Waals surface area contributed by atoms with Gasteiger partial charge in [0.15, 0.2) is 5.13 Å². The molecule has 7 heteroatoms. The van der Waals surface area contributed by atoms with Crippen LogP contribution in [0.15, 0.2) is 24.3 Å². The summed E-state index contributed by atoms with van der Waals surface area (Å²) in [5.41, 5.74) is 1.39. The standard InChI is InChI=1S/C16H18FN3O2S/c1-19-6-8-20(9-7-19)16-18-15(13(23-16)10-14(21)22)11-2-4-12(17)5-3-11/h2-5H,6-10H2,1H3,(H,21,22). The number of rotatable bonds is 4. The van der Waals surface area contributed by atoms with Gasteiger partial charge in [-0.2, -0.15) is 0 Å². The molecule has 0 amide bonds. The topological polar surface area (TPSA) is 56.7 Å². The molecule has 1 saturated heterocycles. The average Bonchev–Trinajstić information content (AvgIpc) is 2.92. The van der Waals surface area contributed by atoms with E-state index >= 15 is 0 Å². The Morgan fingerprint density at radius 3 is 2.52 bits per heavy atom. The molecule has 2 heterocycles. The van der Waals surface area contributed by atoms with Crippen LogP contribution in [0.5, 0.6) is 0 Å². The molecule has 0 atom stereocenters. The fraction of sp³-hybridized carbons (Fsp3) is 0.375. The summed E-state index contributed by atoms with van der Waals surface area (Å²) >= 11 is 1.42. The van der Waals surface area contributed by atoms with E-state index in [2.05, 4.69) is 21.8 Å². The van der Waals surface area contributed by atoms with Gasteiger partial charge in [0.2, 0.25) is 0 Å². The molecule has 0 radical (unpaired) electrons. The Hall–Kier alpha value is -1.99. The van der Waals surface area contributed by atoms with E-state index in [9.17, 15) is 9.18 Å². The summed E-state index contributed by atoms with van der Waals surface area (Å²) in [6.07, 6.45) is -0.0713. The van der Waals surface area contributed by atoms with E-state index in [1.54, 1.807) is 12.1 Å². The van der Waals surface area contributed by atoms with Crippen LogP contribution in [0.25, 0.3) is 11.3 Å². The predicted molar refractivity (Wildman–Crippen MR) is 88.6 cm³/mol. The summed E-state index contributed by atoms with van der Waals surface area (Å²) in [5, 5.41) is 9.98. The zero-order valence-electron chi connectivity index (χ0n) is 12.8. The van der Waals surface area contributed by atoms with Crippen molar-refractivity contribution in [1.29, 1.82) is 0 Å². The van der Waals surface area contributed by atoms with Crippen LogP contribution < -0.4 is 4.90 Å². The second-order valence-electron chi connectivity index (χ2n) is 5.64. The second kappa shape index (κ2) is 6.64. The molecule has 2 aromatic rings. The van der Waals surface area contributed by atoms with Gasteiger partial charge >= 0.3 is 5.97 Å². The predicted octanol–water partition coefficient (Wildman–Crippen LogP) is 2.33. The minimum atomic E-state index is -0.887. The van der Waals surface area contributed by atoms with Crippen LogP contribution in [0.4, 0.5) is 9.52 Å². The summed E-state index contributed by atoms with van der Waals surface area (Å²) < 4.78 is 13.1. The first-order chi connectivity index (χ1) is 11.0. The lowest BCUT2D eigenvalue weighted by Gasteiger charge is -2.32. The number of anilines is 1. The lowest BCUT2D eigenvalue weighted by molar-refractivity contribution is -0.136. The minimum Gasteiger partial charge on any atom is -0.481 e. The van der Waals surface area contributed by atoms with Gasteiger partial charge in [0.25, 0.3) is 0 Å². The van der Waals surface area contributed by atoms with Crippen LogP contribution >= 0.6 is 11.3 Å². The highest BCUT2D eigenvalue weighted by Gasteiger charge is 2.21. The molecule has 0 unspecified atom stereocenters. The fourth-order valence-corrected chi connectivity index (χ4v) is 3.69. The molecule has 1 aromatic heterocycles. The van der Waals surface area contributed by atoms with Crippen molar-refractivity contribution in [2.75, 3.05) is 38.1 Å². The summed E-state index contributed by atoms with van der Waals surface area (Å²) in [4.78, 5) is 20.9. The highest BCUT2D eigenvalue weighted by atomic mass is 32.1. The Morgan fingerprint density at radius 2 is 1.91 bits per heavy atom. The highest BCUT2D eigenvalue weighted by Crippen LogP contribution is 2.34. The van der Waals surface area contributed by atoms with Crippen molar-refractivity contribution in [3.63, 3.8) is 0 Å². The van der Waals surface area contributed by atoms with Crippen LogP contribution in [0.3, 0.4) is 0 Å². The molecule has 3 rings (SSSR count). The van der Waals surface area contributed by atoms with E-state index in [4.69, 9.17) is 5.11 Å². The number of nitrogens with zero attached hydrogens (tertiary/aromatic N) is 3. The van der Waals surface area contributed by atoms with Gasteiger partial charge in [-0.15, -0.1) is 11.3 Å². The summed E-state index contributed by atoms with van der Waals surface area (Å²) in [7, 11) is 2.08. The maximum Gasteiger partial charge on any atom is 0.308 e. The number of aromatic nitrogens is 1. The monoisotopic (exact) mass is 335 g/mol. The number of piperazine rings is 1. The number of carboxylic acids is 1. The molecule has 0 bridgehead atoms. The summed E-state index contributed by atoms with van der Waals surface area (Å²) in [6.45, 7) is 3.66. The summed E-state index contributed by atoms with van der Waals surface area (Å²) in [5.74, 6) is -1.20. The van der Waals surface area contributed by atoms with E-state index < -0.39 is 5.97 Å². The van der Waals surface area contributed by atoms with Crippen molar-refractivity contribution in [2.24, 2.45) is 0 Å². The van der Waals surface area contributed by atoms with E-state index in [-0.39, 0.29) is 12.2 Å². The molecule has 1 N–H and O–H groups in total. The van der Waals surface area contributed by atoms with Crippen molar-refractivity contribution >= 4 is 22.4 Å². The van der Waals surface area contributed by atoms with Crippen LogP contribution in [0.2, 0.25) is 0 Å². The van der Waals surface area contributed by atoms with Gasteiger partial charge < -0.3 is 14.9 Å². The normalized spacial score (nSPS) is 15.8. The van der Waals surface area contributed by atoms with E-state index in [1.165, 1.54) is 23.5 Å². The molecule has 1 aromatic carbocycles. The first-order valence-electron chi connectivity index (χ1n) is 7.44. The zero-order chi connectivity index (χ0) is 16.4. The van der Waals surface area contributed by atoms with Crippen LogP contribution in [0, 0.1) is 5.82 Å². The second-order valence-corrected chi connectivity index (χ2v) is 6.70. The molecule has 0 aliphatic carbocycles. The van der Waals surface area contributed by atoms with E-state index in [0.29, 0.717) is 10.6 Å². The lowest BCUT2D eigenvalue weighted by Crippen LogP contribution is -2.44. The SMILES string of the molecule is CN1CCN(c2nc(-c3ccc(F)cc3)c(CC(=O)O)s2)CC1. The quantitative estimate of drug-likeness (QED) is 0.929. The van der Waals surface area contributed by atoms with Crippen molar-refractivity contribution in [3.8, 4) is 11.3 Å². The maximum absolute atomic E-state index is 13.1. The van der Waals surface area contributed by atoms with Crippen molar-refractivity contribution in [1.82, 2.24) is 9.88 Å². The molecule has 5 nitrogen and oxygen atoms in total. The molecule has 0 saturated carbocycles. The molecule has 1 aliphatic rings. The smallest absolute Gasteiger partial charge is 0.308 e. The Bertz CT molecular complexity index is 694. The van der Waals surface area contributed by atoms with Gasteiger partial charge in [0.05, 0.1) is 12.1 Å². The van der Waals surface area contributed by atoms with Crippen molar-refractivity contribution < 1.29 is 14.3 Å². The first-order valence-corrected chi connectivity index (χ1v) is 8.25. The minimum absolute atomic E-state index is 0.0713. The van der Waals surface area contributed by atoms with Crippen LogP contribution in [-0.2, 0) is 11.2 Å². The van der Waals surface area contributed by atoms with Crippen molar-refractivity contribution in [3.05, 3.63) is 35.0 Å². The van der Waals surface area contributed by atoms with Gasteiger partial charge in [-0.25, -0.2) is 9.37 Å². The number of carboxylic acid groups (broad SMARTS) is 1. The number of likely N-dealkylation sites (N-methyl/N-ethyl adjacent to an activating group) is 1. The number of carbonyl (C=O) groups is 1. The van der Waals surface area contributed by atoms with Gasteiger partial charge in [-0.3, -0.25) is 4.79 Å². The Morgan fingerprint density at radius 1 is 1.26 bits per heavy atom. The Labute approximate surface area is 138 Å². The van der Waals surface area contributed by atoms with Gasteiger partial charge in [0.1, 0.15) is 5.82 Å². The molecule has 122 valence electrons. The molecule has 0 spiro atoms. The van der Waals surface area contributed by atoms with E-state index in [1.807, 2.05) is 0 Å².